The van der Waals surface area contributed by atoms with Crippen molar-refractivity contribution in [2.75, 3.05) is 0 Å². The summed E-state index contributed by atoms with van der Waals surface area (Å²) in [7, 11) is 0. The summed E-state index contributed by atoms with van der Waals surface area (Å²) in [6.07, 6.45) is 0. The Morgan fingerprint density at radius 2 is 1.82 bits per heavy atom. The van der Waals surface area contributed by atoms with Crippen LogP contribution in [0.3, 0.4) is 0 Å². The van der Waals surface area contributed by atoms with E-state index in [9.17, 15) is 4.39 Å². The third kappa shape index (κ3) is 1.41. The zero-order valence-corrected chi connectivity index (χ0v) is 7.07. The molecule has 0 aromatic heterocycles. The predicted octanol–water partition coefficient (Wildman–Crippen LogP) is 3.00. The molecule has 0 aliphatic carbocycles. The number of rotatable bonds is 1. The predicted molar refractivity (Wildman–Crippen MR) is 46.2 cm³/mol. The second kappa shape index (κ2) is 2.52. The van der Waals surface area contributed by atoms with Gasteiger partial charge in [0.05, 0.1) is 0 Å². The molecule has 0 saturated carbocycles. The van der Waals surface area contributed by atoms with Gasteiger partial charge in [-0.25, -0.2) is 4.39 Å². The summed E-state index contributed by atoms with van der Waals surface area (Å²) in [5, 5.41) is 1.34. The summed E-state index contributed by atoms with van der Waals surface area (Å²) in [6, 6.07) is 6.80. The molecule has 1 aliphatic rings. The minimum Gasteiger partial charge on any atom is -0.207 e. The Balaban J connectivity index is 2.21. The van der Waals surface area contributed by atoms with Crippen molar-refractivity contribution >= 4 is 11.8 Å². The second-order valence-electron chi connectivity index (χ2n) is 2.81. The lowest BCUT2D eigenvalue weighted by molar-refractivity contribution is 0.627. The fourth-order valence-corrected chi connectivity index (χ4v) is 2.03. The maximum atomic E-state index is 12.5. The van der Waals surface area contributed by atoms with Gasteiger partial charge in [0.15, 0.2) is 0 Å². The lowest BCUT2D eigenvalue weighted by Gasteiger charge is -1.94. The molecule has 58 valence electrons. The van der Waals surface area contributed by atoms with Crippen LogP contribution in [0.4, 0.5) is 4.39 Å². The molecule has 0 amide bonds. The quantitative estimate of drug-likeness (QED) is 0.581. The lowest BCUT2D eigenvalue weighted by atomic mass is 10.1. The zero-order valence-electron chi connectivity index (χ0n) is 6.25. The van der Waals surface area contributed by atoms with Crippen LogP contribution in [0.2, 0.25) is 0 Å². The van der Waals surface area contributed by atoms with E-state index in [2.05, 4.69) is 6.92 Å². The molecule has 1 fully saturated rings. The Morgan fingerprint density at radius 3 is 2.27 bits per heavy atom. The van der Waals surface area contributed by atoms with Gasteiger partial charge in [0.2, 0.25) is 0 Å². The standard InChI is InChI=1S/C9H9FS/c1-6-9(11-6)7-2-4-8(10)5-3-7/h2-6,9H,1H3/t6-,9-/m1/s1. The van der Waals surface area contributed by atoms with E-state index in [1.807, 2.05) is 23.9 Å². The molecule has 2 rings (SSSR count). The van der Waals surface area contributed by atoms with Gasteiger partial charge in [-0.05, 0) is 17.7 Å². The normalized spacial score (nSPS) is 28.5. The van der Waals surface area contributed by atoms with Crippen molar-refractivity contribution in [2.45, 2.75) is 17.4 Å². The maximum absolute atomic E-state index is 12.5. The van der Waals surface area contributed by atoms with Gasteiger partial charge in [-0.3, -0.25) is 0 Å². The van der Waals surface area contributed by atoms with Crippen molar-refractivity contribution in [3.8, 4) is 0 Å². The fraction of sp³-hybridized carbons (Fsp3) is 0.333. The first-order chi connectivity index (χ1) is 5.27. The topological polar surface area (TPSA) is 0 Å². The highest BCUT2D eigenvalue weighted by molar-refractivity contribution is 8.07. The SMILES string of the molecule is C[C@H]1S[C@H]1c1ccc(F)cc1. The third-order valence-corrected chi connectivity index (χ3v) is 3.27. The van der Waals surface area contributed by atoms with Crippen LogP contribution in [-0.2, 0) is 0 Å². The average molecular weight is 168 g/mol. The zero-order chi connectivity index (χ0) is 7.84. The molecule has 0 spiro atoms. The number of hydrogen-bond donors (Lipinski definition) is 0. The average Bonchev–Trinajstić information content (AvgIpc) is 2.69. The van der Waals surface area contributed by atoms with Gasteiger partial charge >= 0.3 is 0 Å². The van der Waals surface area contributed by atoms with Gasteiger partial charge in [-0.1, -0.05) is 19.1 Å². The van der Waals surface area contributed by atoms with E-state index in [0.717, 1.165) is 5.25 Å². The lowest BCUT2D eigenvalue weighted by Crippen LogP contribution is -1.83. The molecule has 11 heavy (non-hydrogen) atoms. The highest BCUT2D eigenvalue weighted by atomic mass is 32.2. The highest BCUT2D eigenvalue weighted by Crippen LogP contribution is 2.54. The number of thioether (sulfide) groups is 1. The molecular formula is C9H9FS. The highest BCUT2D eigenvalue weighted by Gasteiger charge is 2.34. The van der Waals surface area contributed by atoms with E-state index in [1.165, 1.54) is 17.7 Å². The van der Waals surface area contributed by atoms with E-state index in [1.54, 1.807) is 0 Å². The monoisotopic (exact) mass is 168 g/mol. The Bertz CT molecular complexity index is 255. The number of hydrogen-bond acceptors (Lipinski definition) is 1. The Kier molecular flexibility index (Phi) is 1.64. The largest absolute Gasteiger partial charge is 0.207 e. The van der Waals surface area contributed by atoms with Crippen LogP contribution >= 0.6 is 11.8 Å². The van der Waals surface area contributed by atoms with Crippen LogP contribution in [0.1, 0.15) is 17.7 Å². The van der Waals surface area contributed by atoms with Crippen molar-refractivity contribution in [3.05, 3.63) is 35.6 Å². The molecule has 0 radical (unpaired) electrons. The molecular weight excluding hydrogens is 159 g/mol. The van der Waals surface area contributed by atoms with Gasteiger partial charge < -0.3 is 0 Å². The van der Waals surface area contributed by atoms with E-state index >= 15 is 0 Å². The van der Waals surface area contributed by atoms with Crippen LogP contribution in [0.5, 0.6) is 0 Å². The summed E-state index contributed by atoms with van der Waals surface area (Å²) in [4.78, 5) is 0. The smallest absolute Gasteiger partial charge is 0.123 e. The molecule has 1 aromatic rings. The molecule has 0 unspecified atom stereocenters. The van der Waals surface area contributed by atoms with Gasteiger partial charge in [0.1, 0.15) is 5.82 Å². The summed E-state index contributed by atoms with van der Waals surface area (Å²) < 4.78 is 12.5. The maximum Gasteiger partial charge on any atom is 0.123 e. The first-order valence-corrected chi connectivity index (χ1v) is 4.62. The molecule has 1 saturated heterocycles. The van der Waals surface area contributed by atoms with Gasteiger partial charge in [-0.2, -0.15) is 0 Å². The minimum absolute atomic E-state index is 0.146. The van der Waals surface area contributed by atoms with E-state index < -0.39 is 0 Å². The van der Waals surface area contributed by atoms with Gasteiger partial charge in [0, 0.05) is 10.5 Å². The van der Waals surface area contributed by atoms with Crippen LogP contribution in [0, 0.1) is 5.82 Å². The van der Waals surface area contributed by atoms with Crippen LogP contribution in [-0.4, -0.2) is 5.25 Å². The molecule has 0 bridgehead atoms. The van der Waals surface area contributed by atoms with Gasteiger partial charge in [0.25, 0.3) is 0 Å². The van der Waals surface area contributed by atoms with E-state index in [0.29, 0.717) is 5.25 Å². The van der Waals surface area contributed by atoms with Crippen molar-refractivity contribution in [2.24, 2.45) is 0 Å². The molecule has 0 nitrogen and oxygen atoms in total. The summed E-state index contributed by atoms with van der Waals surface area (Å²) in [6.45, 7) is 2.19. The van der Waals surface area contributed by atoms with Gasteiger partial charge in [-0.15, -0.1) is 11.8 Å². The molecule has 1 aromatic carbocycles. The summed E-state index contributed by atoms with van der Waals surface area (Å²) in [5.41, 5.74) is 1.25. The summed E-state index contributed by atoms with van der Waals surface area (Å²) in [5.74, 6) is -0.146. The second-order valence-corrected chi connectivity index (χ2v) is 4.34. The minimum atomic E-state index is -0.146. The number of halogens is 1. The molecule has 2 atom stereocenters. The van der Waals surface area contributed by atoms with Crippen LogP contribution in [0.25, 0.3) is 0 Å². The van der Waals surface area contributed by atoms with Crippen molar-refractivity contribution in [1.29, 1.82) is 0 Å². The van der Waals surface area contributed by atoms with Crippen molar-refractivity contribution in [1.82, 2.24) is 0 Å². The molecule has 0 N–H and O–H groups in total. The van der Waals surface area contributed by atoms with Crippen molar-refractivity contribution in [3.63, 3.8) is 0 Å². The van der Waals surface area contributed by atoms with Crippen LogP contribution < -0.4 is 0 Å². The summed E-state index contributed by atoms with van der Waals surface area (Å²) >= 11 is 1.93. The Hall–Kier alpha value is -0.500. The third-order valence-electron chi connectivity index (χ3n) is 1.91. The first kappa shape index (κ1) is 7.17. The molecule has 1 heterocycles. The van der Waals surface area contributed by atoms with Crippen LogP contribution in [0.15, 0.2) is 24.3 Å². The Labute approximate surface area is 69.8 Å². The van der Waals surface area contributed by atoms with E-state index in [-0.39, 0.29) is 5.82 Å². The fourth-order valence-electron chi connectivity index (χ4n) is 1.19. The van der Waals surface area contributed by atoms with Crippen molar-refractivity contribution < 1.29 is 4.39 Å². The first-order valence-electron chi connectivity index (χ1n) is 3.68. The molecule has 1 aliphatic heterocycles. The Morgan fingerprint density at radius 1 is 1.27 bits per heavy atom. The number of benzene rings is 1. The molecule has 2 heteroatoms. The van der Waals surface area contributed by atoms with E-state index in [4.69, 9.17) is 0 Å².